The quantitative estimate of drug-likeness (QED) is 0.303. The molecule has 0 rings (SSSR count). The van der Waals surface area contributed by atoms with E-state index in [-0.39, 0.29) is 62.0 Å². The number of rotatable bonds is 2. The van der Waals surface area contributed by atoms with E-state index >= 15 is 0 Å². The van der Waals surface area contributed by atoms with Gasteiger partial charge >= 0.3 is 62.0 Å². The van der Waals surface area contributed by atoms with Gasteiger partial charge < -0.3 is 41.5 Å². The standard InChI is InChI=1S/2C4H9.4C3H7.Mg.2Zn/c2*1-3-4-2;4*1-3-2;;;/h2*1,3-4H2,2H3;4*1,3H2,2H3;;;/q6*-1;3*+2. The van der Waals surface area contributed by atoms with Crippen molar-refractivity contribution in [2.75, 3.05) is 0 Å². The predicted molar refractivity (Wildman–Crippen MR) is 109 cm³/mol. The minimum absolute atomic E-state index is 0. The van der Waals surface area contributed by atoms with E-state index in [0.29, 0.717) is 0 Å². The van der Waals surface area contributed by atoms with Crippen LogP contribution in [-0.4, -0.2) is 23.1 Å². The molecular weight excluding hydrogens is 395 g/mol. The van der Waals surface area contributed by atoms with E-state index in [9.17, 15) is 0 Å². The number of hydrogen-bond donors (Lipinski definition) is 0. The molecule has 0 N–H and O–H groups in total. The van der Waals surface area contributed by atoms with Crippen LogP contribution in [0.2, 0.25) is 0 Å². The van der Waals surface area contributed by atoms with E-state index in [4.69, 9.17) is 0 Å². The van der Waals surface area contributed by atoms with Crippen LogP contribution in [0.15, 0.2) is 0 Å². The molecule has 0 saturated heterocycles. The first-order valence-corrected chi connectivity index (χ1v) is 8.24. The fourth-order valence-corrected chi connectivity index (χ4v) is 0. The van der Waals surface area contributed by atoms with Gasteiger partial charge in [0.2, 0.25) is 0 Å². The van der Waals surface area contributed by atoms with Gasteiger partial charge in [0, 0.05) is 0 Å². The van der Waals surface area contributed by atoms with Gasteiger partial charge in [-0.2, -0.15) is 38.5 Å². The van der Waals surface area contributed by atoms with E-state index in [1.54, 1.807) is 0 Å². The van der Waals surface area contributed by atoms with E-state index in [2.05, 4.69) is 55.4 Å². The SMILES string of the molecule is [CH2-]CC.[CH2-]CC.[CH2-]CC.[CH2-]CC.[CH2-]CCC.[CH2-]CCC.[Mg+2].[Zn+2].[Zn+2]. The van der Waals surface area contributed by atoms with Gasteiger partial charge in [0.1, 0.15) is 0 Å². The molecule has 0 bridgehead atoms. The minimum atomic E-state index is 0. The molecule has 0 fully saturated rings. The molecule has 23 heavy (non-hydrogen) atoms. The molecule has 0 saturated carbocycles. The first-order valence-electron chi connectivity index (χ1n) is 8.24. The summed E-state index contributed by atoms with van der Waals surface area (Å²) in [7, 11) is 0. The maximum absolute atomic E-state index is 3.60. The van der Waals surface area contributed by atoms with Gasteiger partial charge in [-0.15, -0.1) is 0 Å². The molecular formula is C20H46MgZn2. The average molecular weight is 442 g/mol. The predicted octanol–water partition coefficient (Wildman–Crippen LogP) is 7.78. The van der Waals surface area contributed by atoms with Gasteiger partial charge in [0.05, 0.1) is 0 Å². The zero-order chi connectivity index (χ0) is 17.7. The number of hydrogen-bond acceptors (Lipinski definition) is 0. The normalized spacial score (nSPS) is 5.74. The Labute approximate surface area is 195 Å². The largest absolute Gasteiger partial charge is 2.00 e. The van der Waals surface area contributed by atoms with Crippen LogP contribution in [0.25, 0.3) is 0 Å². The third-order valence-electron chi connectivity index (χ3n) is 0.707. The zero-order valence-electron chi connectivity index (χ0n) is 18.0. The molecule has 0 aromatic carbocycles. The van der Waals surface area contributed by atoms with Crippen molar-refractivity contribution in [1.29, 1.82) is 0 Å². The van der Waals surface area contributed by atoms with Crippen LogP contribution >= 0.6 is 0 Å². The van der Waals surface area contributed by atoms with E-state index < -0.39 is 0 Å². The summed E-state index contributed by atoms with van der Waals surface area (Å²) in [5.74, 6) is 0. The van der Waals surface area contributed by atoms with Crippen LogP contribution in [0.5, 0.6) is 0 Å². The fourth-order valence-electron chi connectivity index (χ4n) is 0. The summed E-state index contributed by atoms with van der Waals surface area (Å²) in [5, 5.41) is 0. The van der Waals surface area contributed by atoms with E-state index in [1.807, 2.05) is 27.7 Å². The van der Waals surface area contributed by atoms with Gasteiger partial charge in [-0.1, -0.05) is 54.4 Å². The van der Waals surface area contributed by atoms with Crippen molar-refractivity contribution < 1.29 is 39.0 Å². The second kappa shape index (κ2) is 127. The Morgan fingerprint density at radius 2 is 0.478 bits per heavy atom. The molecule has 0 aromatic heterocycles. The Balaban J connectivity index is -0.0000000143. The Hall–Kier alpha value is 2.01. The van der Waals surface area contributed by atoms with Crippen LogP contribution in [0.4, 0.5) is 0 Å². The molecule has 0 spiro atoms. The summed E-state index contributed by atoms with van der Waals surface area (Å²) in [6, 6.07) is 0. The van der Waals surface area contributed by atoms with Crippen molar-refractivity contribution in [3.63, 3.8) is 0 Å². The van der Waals surface area contributed by atoms with Gasteiger partial charge in [0.15, 0.2) is 0 Å². The number of unbranched alkanes of at least 4 members (excludes halogenated alkanes) is 2. The van der Waals surface area contributed by atoms with E-state index in [0.717, 1.165) is 38.5 Å². The first-order chi connectivity index (χ1) is 9.49. The van der Waals surface area contributed by atoms with Gasteiger partial charge in [0.25, 0.3) is 0 Å². The summed E-state index contributed by atoms with van der Waals surface area (Å²) in [4.78, 5) is 0. The third kappa shape index (κ3) is 723. The van der Waals surface area contributed by atoms with Crippen LogP contribution in [0, 0.1) is 41.5 Å². The first kappa shape index (κ1) is 56.2. The molecule has 0 radical (unpaired) electrons. The van der Waals surface area contributed by atoms with Gasteiger partial charge in [-0.05, 0) is 0 Å². The Bertz CT molecular complexity index is 47.6. The van der Waals surface area contributed by atoms with Gasteiger partial charge in [-0.3, -0.25) is 0 Å². The molecule has 132 valence electrons. The Morgan fingerprint density at radius 3 is 0.478 bits per heavy atom. The van der Waals surface area contributed by atoms with Crippen molar-refractivity contribution >= 4 is 23.1 Å². The van der Waals surface area contributed by atoms with Crippen molar-refractivity contribution in [3.05, 3.63) is 41.5 Å². The summed E-state index contributed by atoms with van der Waals surface area (Å²) < 4.78 is 0. The zero-order valence-corrected chi connectivity index (χ0v) is 25.4. The van der Waals surface area contributed by atoms with Crippen LogP contribution in [0.1, 0.15) is 92.9 Å². The molecule has 0 aliphatic heterocycles. The second-order valence-electron chi connectivity index (χ2n) is 3.71. The Kier molecular flexibility index (Phi) is 310. The molecule has 0 aromatic rings. The smallest absolute Gasteiger partial charge is 0.344 e. The third-order valence-corrected chi connectivity index (χ3v) is 0.707. The van der Waals surface area contributed by atoms with Crippen molar-refractivity contribution in [2.45, 2.75) is 92.9 Å². The maximum atomic E-state index is 3.60. The van der Waals surface area contributed by atoms with Crippen molar-refractivity contribution in [1.82, 2.24) is 0 Å². The van der Waals surface area contributed by atoms with Crippen LogP contribution < -0.4 is 0 Å². The monoisotopic (exact) mass is 438 g/mol. The summed E-state index contributed by atoms with van der Waals surface area (Å²) in [5.41, 5.74) is 0. The van der Waals surface area contributed by atoms with Crippen molar-refractivity contribution in [2.24, 2.45) is 0 Å². The van der Waals surface area contributed by atoms with Crippen LogP contribution in [-0.2, 0) is 39.0 Å². The summed E-state index contributed by atoms with van der Waals surface area (Å²) >= 11 is 0. The molecule has 0 nitrogen and oxygen atoms in total. The average Bonchev–Trinajstić information content (AvgIpc) is 2.42. The second-order valence-corrected chi connectivity index (χ2v) is 3.71. The fraction of sp³-hybridized carbons (Fsp3) is 0.700. The van der Waals surface area contributed by atoms with E-state index in [1.165, 1.54) is 12.8 Å². The molecule has 0 aliphatic carbocycles. The molecule has 3 heteroatoms. The molecule has 0 aliphatic rings. The van der Waals surface area contributed by atoms with Crippen LogP contribution in [0.3, 0.4) is 0 Å². The molecule has 0 unspecified atom stereocenters. The summed E-state index contributed by atoms with van der Waals surface area (Å²) in [6.45, 7) is 33.4. The molecule has 0 atom stereocenters. The van der Waals surface area contributed by atoms with Crippen molar-refractivity contribution in [3.8, 4) is 0 Å². The minimum Gasteiger partial charge on any atom is -0.344 e. The molecule has 0 amide bonds. The topological polar surface area (TPSA) is 0 Å². The Morgan fingerprint density at radius 1 is 0.435 bits per heavy atom. The maximum Gasteiger partial charge on any atom is 2.00 e. The molecule has 0 heterocycles. The summed E-state index contributed by atoms with van der Waals surface area (Å²) in [6.07, 6.45) is 8.56. The van der Waals surface area contributed by atoms with Gasteiger partial charge in [-0.25, -0.2) is 0 Å².